The lowest BCUT2D eigenvalue weighted by Crippen LogP contribution is -2.66. The Morgan fingerprint density at radius 1 is 1.12 bits per heavy atom. The molecule has 1 aromatic heterocycles. The fourth-order valence-corrected chi connectivity index (χ4v) is 5.28. The monoisotopic (exact) mass is 589 g/mol. The van der Waals surface area contributed by atoms with Gasteiger partial charge in [-0.2, -0.15) is 19.3 Å². The van der Waals surface area contributed by atoms with Crippen LogP contribution in [0, 0.1) is 22.7 Å². The number of hydrogen-bond acceptors (Lipinski definition) is 7. The Kier molecular flexibility index (Phi) is 7.85. The molecule has 212 valence electrons. The number of rotatable bonds is 7. The van der Waals surface area contributed by atoms with E-state index in [1.165, 1.54) is 59.6 Å². The maximum absolute atomic E-state index is 14.5. The average Bonchev–Trinajstić information content (AvgIpc) is 3.36. The van der Waals surface area contributed by atoms with Gasteiger partial charge in [0.25, 0.3) is 5.91 Å². The van der Waals surface area contributed by atoms with Gasteiger partial charge in [-0.05, 0) is 42.8 Å². The number of halogens is 3. The van der Waals surface area contributed by atoms with E-state index in [0.29, 0.717) is 0 Å². The van der Waals surface area contributed by atoms with E-state index in [4.69, 9.17) is 11.6 Å². The van der Waals surface area contributed by atoms with Crippen LogP contribution in [0.3, 0.4) is 0 Å². The van der Waals surface area contributed by atoms with Gasteiger partial charge in [0.15, 0.2) is 0 Å². The van der Waals surface area contributed by atoms with Crippen LogP contribution >= 0.6 is 11.6 Å². The van der Waals surface area contributed by atoms with Crippen molar-refractivity contribution >= 4 is 40.8 Å². The molecule has 5 rings (SSSR count). The standard InChI is InChI=1S/C29H22ClF2N7O3/c30-21-7-2-1-6-20(21)26(27(41)36-23-14-29(31,32)37-23)38(19-5-3-4-17(12-19)15-33)28(42)22-8-9-25(40)39(22)24-13-18(16-34)10-11-35-24/h1-7,10-13,22-23,26,37H,8-9,14H2,(H,36,41)/t22-,23?,26-/m0/s1. The van der Waals surface area contributed by atoms with E-state index < -0.39 is 48.4 Å². The van der Waals surface area contributed by atoms with Crippen molar-refractivity contribution in [1.29, 1.82) is 10.5 Å². The summed E-state index contributed by atoms with van der Waals surface area (Å²) in [5.74, 6) is -1.85. The summed E-state index contributed by atoms with van der Waals surface area (Å²) in [6.45, 7) is 0. The highest BCUT2D eigenvalue weighted by atomic mass is 35.5. The zero-order valence-corrected chi connectivity index (χ0v) is 22.6. The van der Waals surface area contributed by atoms with Crippen LogP contribution in [0.25, 0.3) is 0 Å². The summed E-state index contributed by atoms with van der Waals surface area (Å²) in [6, 6.07) is 13.3. The number of benzene rings is 2. The second-order valence-corrected chi connectivity index (χ2v) is 10.1. The van der Waals surface area contributed by atoms with Crippen LogP contribution in [0.2, 0.25) is 5.02 Å². The molecule has 0 spiro atoms. The Bertz CT molecular complexity index is 1650. The van der Waals surface area contributed by atoms with Gasteiger partial charge in [0.2, 0.25) is 11.8 Å². The predicted octanol–water partition coefficient (Wildman–Crippen LogP) is 3.78. The lowest BCUT2D eigenvalue weighted by atomic mass is 10.00. The lowest BCUT2D eigenvalue weighted by Gasteiger charge is -2.40. The van der Waals surface area contributed by atoms with Crippen LogP contribution in [0.4, 0.5) is 20.3 Å². The Morgan fingerprint density at radius 2 is 1.83 bits per heavy atom. The summed E-state index contributed by atoms with van der Waals surface area (Å²) >= 11 is 6.52. The van der Waals surface area contributed by atoms with Crippen LogP contribution in [0.1, 0.15) is 42.0 Å². The number of alkyl halides is 2. The number of carbonyl (C=O) groups excluding carboxylic acids is 3. The molecule has 2 aliphatic rings. The molecule has 0 aliphatic carbocycles. The first-order valence-electron chi connectivity index (χ1n) is 12.8. The third-order valence-corrected chi connectivity index (χ3v) is 7.32. The molecule has 0 saturated carbocycles. The lowest BCUT2D eigenvalue weighted by molar-refractivity contribution is -0.144. The molecule has 2 fully saturated rings. The second-order valence-electron chi connectivity index (χ2n) is 9.74. The number of hydrogen-bond donors (Lipinski definition) is 2. The van der Waals surface area contributed by atoms with Crippen LogP contribution in [0.15, 0.2) is 66.9 Å². The van der Waals surface area contributed by atoms with Gasteiger partial charge < -0.3 is 5.32 Å². The molecule has 42 heavy (non-hydrogen) atoms. The Morgan fingerprint density at radius 3 is 2.52 bits per heavy atom. The number of nitrogens with one attached hydrogen (secondary N) is 2. The molecule has 3 aromatic rings. The van der Waals surface area contributed by atoms with E-state index in [0.717, 1.165) is 4.90 Å². The van der Waals surface area contributed by atoms with Gasteiger partial charge in [-0.3, -0.25) is 24.2 Å². The van der Waals surface area contributed by atoms with E-state index in [1.807, 2.05) is 17.5 Å². The van der Waals surface area contributed by atoms with Crippen LogP contribution in [-0.4, -0.2) is 41.0 Å². The highest BCUT2D eigenvalue weighted by molar-refractivity contribution is 6.31. The molecule has 3 heterocycles. The Labute approximate surface area is 244 Å². The number of nitriles is 2. The van der Waals surface area contributed by atoms with Crippen LogP contribution in [-0.2, 0) is 14.4 Å². The first kappa shape index (κ1) is 28.6. The number of carbonyl (C=O) groups is 3. The highest BCUT2D eigenvalue weighted by Gasteiger charge is 2.48. The van der Waals surface area contributed by atoms with Gasteiger partial charge in [0.05, 0.1) is 35.9 Å². The maximum Gasteiger partial charge on any atom is 0.307 e. The van der Waals surface area contributed by atoms with Crippen molar-refractivity contribution in [2.24, 2.45) is 0 Å². The van der Waals surface area contributed by atoms with Crippen molar-refractivity contribution in [1.82, 2.24) is 15.6 Å². The largest absolute Gasteiger partial charge is 0.338 e. The molecule has 0 bridgehead atoms. The molecule has 3 atom stereocenters. The minimum absolute atomic E-state index is 0.00895. The minimum Gasteiger partial charge on any atom is -0.338 e. The SMILES string of the molecule is N#Cc1cccc(N(C(=O)[C@@H]2CCC(=O)N2c2cc(C#N)ccn2)[C@H](C(=O)NC2CC(F)(F)N2)c2ccccc2Cl)c1. The summed E-state index contributed by atoms with van der Waals surface area (Å²) in [5, 5.41) is 23.5. The molecule has 2 aromatic carbocycles. The van der Waals surface area contributed by atoms with Crippen LogP contribution in [0.5, 0.6) is 0 Å². The van der Waals surface area contributed by atoms with Crippen molar-refractivity contribution in [2.45, 2.75) is 43.6 Å². The molecular weight excluding hydrogens is 568 g/mol. The fourth-order valence-electron chi connectivity index (χ4n) is 5.04. The van der Waals surface area contributed by atoms with Gasteiger partial charge in [-0.25, -0.2) is 10.3 Å². The molecule has 1 unspecified atom stereocenters. The molecular formula is C29H22ClF2N7O3. The van der Waals surface area contributed by atoms with Crippen LogP contribution < -0.4 is 20.4 Å². The molecule has 2 N–H and O–H groups in total. The number of amides is 3. The van der Waals surface area contributed by atoms with E-state index in [-0.39, 0.29) is 46.1 Å². The van der Waals surface area contributed by atoms with Gasteiger partial charge in [-0.1, -0.05) is 35.9 Å². The molecule has 10 nitrogen and oxygen atoms in total. The summed E-state index contributed by atoms with van der Waals surface area (Å²) in [4.78, 5) is 47.9. The molecule has 0 radical (unpaired) electrons. The van der Waals surface area contributed by atoms with Crippen molar-refractivity contribution in [2.75, 3.05) is 9.80 Å². The molecule has 2 saturated heterocycles. The topological polar surface area (TPSA) is 142 Å². The van der Waals surface area contributed by atoms with E-state index in [1.54, 1.807) is 12.1 Å². The highest BCUT2D eigenvalue weighted by Crippen LogP contribution is 2.37. The number of aromatic nitrogens is 1. The number of pyridine rings is 1. The fraction of sp³-hybridized carbons (Fsp3) is 0.241. The second kappa shape index (κ2) is 11.5. The van der Waals surface area contributed by atoms with E-state index in [2.05, 4.69) is 10.3 Å². The minimum atomic E-state index is -3.15. The van der Waals surface area contributed by atoms with Gasteiger partial charge in [0, 0.05) is 28.9 Å². The van der Waals surface area contributed by atoms with Gasteiger partial charge in [-0.15, -0.1) is 0 Å². The maximum atomic E-state index is 14.5. The van der Waals surface area contributed by atoms with Gasteiger partial charge >= 0.3 is 6.05 Å². The Balaban J connectivity index is 1.62. The number of nitrogens with zero attached hydrogens (tertiary/aromatic N) is 5. The van der Waals surface area contributed by atoms with Crippen molar-refractivity contribution in [3.05, 3.63) is 88.6 Å². The normalized spacial score (nSPS) is 19.6. The third kappa shape index (κ3) is 5.63. The first-order valence-corrected chi connectivity index (χ1v) is 13.2. The molecule has 2 aliphatic heterocycles. The van der Waals surface area contributed by atoms with Gasteiger partial charge in [0.1, 0.15) is 17.9 Å². The summed E-state index contributed by atoms with van der Waals surface area (Å²) in [6.07, 6.45) is -0.320. The smallest absolute Gasteiger partial charge is 0.307 e. The average molecular weight is 590 g/mol. The summed E-state index contributed by atoms with van der Waals surface area (Å²) < 4.78 is 27.0. The molecule has 13 heteroatoms. The molecule has 3 amide bonds. The Hall–Kier alpha value is -4.91. The van der Waals surface area contributed by atoms with E-state index in [9.17, 15) is 33.7 Å². The summed E-state index contributed by atoms with van der Waals surface area (Å²) in [5.41, 5.74) is 0.747. The zero-order chi connectivity index (χ0) is 30.0. The van der Waals surface area contributed by atoms with Crippen molar-refractivity contribution in [3.63, 3.8) is 0 Å². The summed E-state index contributed by atoms with van der Waals surface area (Å²) in [7, 11) is 0. The van der Waals surface area contributed by atoms with Crippen molar-refractivity contribution < 1.29 is 23.2 Å². The zero-order valence-electron chi connectivity index (χ0n) is 21.8. The van der Waals surface area contributed by atoms with E-state index >= 15 is 0 Å². The van der Waals surface area contributed by atoms with Crippen molar-refractivity contribution in [3.8, 4) is 12.1 Å². The third-order valence-electron chi connectivity index (χ3n) is 6.98. The predicted molar refractivity (Wildman–Crippen MR) is 147 cm³/mol. The number of anilines is 2. The quantitative estimate of drug-likeness (QED) is 0.399. The first-order chi connectivity index (χ1) is 20.1.